The molecule has 3 rings (SSSR count). The number of benzene rings is 1. The Morgan fingerprint density at radius 1 is 1.30 bits per heavy atom. The van der Waals surface area contributed by atoms with Gasteiger partial charge in [-0.25, -0.2) is 0 Å². The van der Waals surface area contributed by atoms with Crippen molar-refractivity contribution in [1.29, 1.82) is 0 Å². The highest BCUT2D eigenvalue weighted by molar-refractivity contribution is 5.95. The van der Waals surface area contributed by atoms with E-state index in [0.29, 0.717) is 6.54 Å². The lowest BCUT2D eigenvalue weighted by Gasteiger charge is -2.06. The van der Waals surface area contributed by atoms with Crippen LogP contribution in [0.2, 0.25) is 0 Å². The lowest BCUT2D eigenvalue weighted by Crippen LogP contribution is -2.25. The lowest BCUT2D eigenvalue weighted by atomic mass is 10.1. The molecule has 1 amide bonds. The smallest absolute Gasteiger partial charge is 0.251 e. The van der Waals surface area contributed by atoms with Gasteiger partial charge < -0.3 is 10.6 Å². The van der Waals surface area contributed by atoms with Gasteiger partial charge >= 0.3 is 0 Å². The minimum Gasteiger partial charge on any atom is -0.384 e. The third-order valence-corrected chi connectivity index (χ3v) is 3.47. The van der Waals surface area contributed by atoms with E-state index in [1.807, 2.05) is 36.4 Å². The fraction of sp³-hybridized carbons (Fsp3) is 0.250. The Morgan fingerprint density at radius 3 is 3.10 bits per heavy atom. The highest BCUT2D eigenvalue weighted by Crippen LogP contribution is 2.22. The van der Waals surface area contributed by atoms with Crippen molar-refractivity contribution in [2.75, 3.05) is 18.4 Å². The predicted molar refractivity (Wildman–Crippen MR) is 78.9 cm³/mol. The molecule has 0 radical (unpaired) electrons. The Balaban J connectivity index is 1.57. The summed E-state index contributed by atoms with van der Waals surface area (Å²) in [6, 6.07) is 11.6. The highest BCUT2D eigenvalue weighted by atomic mass is 16.1. The van der Waals surface area contributed by atoms with Gasteiger partial charge in [0.1, 0.15) is 0 Å². The zero-order valence-corrected chi connectivity index (χ0v) is 11.2. The fourth-order valence-corrected chi connectivity index (χ4v) is 2.40. The molecule has 0 atom stereocenters. The molecule has 4 heteroatoms. The molecule has 2 heterocycles. The van der Waals surface area contributed by atoms with Crippen LogP contribution in [0.3, 0.4) is 0 Å². The third-order valence-electron chi connectivity index (χ3n) is 3.47. The van der Waals surface area contributed by atoms with Crippen LogP contribution in [-0.2, 0) is 12.8 Å². The largest absolute Gasteiger partial charge is 0.384 e. The molecule has 2 N–H and O–H groups in total. The van der Waals surface area contributed by atoms with Gasteiger partial charge in [0.05, 0.1) is 0 Å². The average molecular weight is 267 g/mol. The number of nitrogens with zero attached hydrogens (tertiary/aromatic N) is 1. The number of hydrogen-bond donors (Lipinski definition) is 2. The Morgan fingerprint density at radius 2 is 2.25 bits per heavy atom. The van der Waals surface area contributed by atoms with Crippen molar-refractivity contribution in [1.82, 2.24) is 10.3 Å². The normalized spacial score (nSPS) is 12.6. The molecule has 102 valence electrons. The minimum atomic E-state index is -0.0179. The quantitative estimate of drug-likeness (QED) is 0.891. The van der Waals surface area contributed by atoms with E-state index in [4.69, 9.17) is 0 Å². The summed E-state index contributed by atoms with van der Waals surface area (Å²) < 4.78 is 0. The predicted octanol–water partition coefficient (Wildman–Crippen LogP) is 2.02. The van der Waals surface area contributed by atoms with Crippen molar-refractivity contribution in [3.05, 3.63) is 59.4 Å². The van der Waals surface area contributed by atoms with Crippen molar-refractivity contribution in [3.8, 4) is 0 Å². The first-order chi connectivity index (χ1) is 9.83. The second-order valence-electron chi connectivity index (χ2n) is 4.88. The van der Waals surface area contributed by atoms with Crippen molar-refractivity contribution < 1.29 is 4.79 Å². The number of rotatable bonds is 4. The van der Waals surface area contributed by atoms with Crippen molar-refractivity contribution >= 4 is 11.6 Å². The van der Waals surface area contributed by atoms with E-state index in [0.717, 1.165) is 36.3 Å². The molecule has 1 aliphatic heterocycles. The monoisotopic (exact) mass is 267 g/mol. The second-order valence-corrected chi connectivity index (χ2v) is 4.88. The molecule has 0 aliphatic carbocycles. The van der Waals surface area contributed by atoms with E-state index in [1.165, 1.54) is 5.56 Å². The molecule has 0 saturated heterocycles. The van der Waals surface area contributed by atoms with Crippen LogP contribution < -0.4 is 10.6 Å². The van der Waals surface area contributed by atoms with Crippen LogP contribution in [0.4, 0.5) is 5.69 Å². The van der Waals surface area contributed by atoms with E-state index in [-0.39, 0.29) is 5.91 Å². The van der Waals surface area contributed by atoms with Crippen LogP contribution in [0.25, 0.3) is 0 Å². The van der Waals surface area contributed by atoms with E-state index >= 15 is 0 Å². The number of pyridine rings is 1. The molecule has 4 nitrogen and oxygen atoms in total. The number of carbonyl (C=O) groups excluding carboxylic acids is 1. The maximum absolute atomic E-state index is 12.1. The summed E-state index contributed by atoms with van der Waals surface area (Å²) in [5.74, 6) is -0.0179. The SMILES string of the molecule is O=C(NCCc1ccccn1)c1ccc2c(c1)CCN2. The molecule has 1 aromatic carbocycles. The van der Waals surface area contributed by atoms with Gasteiger partial charge in [-0.15, -0.1) is 0 Å². The number of anilines is 1. The minimum absolute atomic E-state index is 0.0179. The van der Waals surface area contributed by atoms with Gasteiger partial charge in [-0.05, 0) is 42.3 Å². The highest BCUT2D eigenvalue weighted by Gasteiger charge is 2.13. The van der Waals surface area contributed by atoms with E-state index in [1.54, 1.807) is 6.20 Å². The van der Waals surface area contributed by atoms with E-state index < -0.39 is 0 Å². The van der Waals surface area contributed by atoms with Crippen LogP contribution >= 0.6 is 0 Å². The van der Waals surface area contributed by atoms with Gasteiger partial charge in [0, 0.05) is 42.7 Å². The number of aromatic nitrogens is 1. The summed E-state index contributed by atoms with van der Waals surface area (Å²) in [5, 5.41) is 6.23. The first-order valence-corrected chi connectivity index (χ1v) is 6.88. The lowest BCUT2D eigenvalue weighted by molar-refractivity contribution is 0.0954. The zero-order chi connectivity index (χ0) is 13.8. The molecule has 0 bridgehead atoms. The fourth-order valence-electron chi connectivity index (χ4n) is 2.40. The maximum atomic E-state index is 12.1. The number of fused-ring (bicyclic) bond motifs is 1. The Bertz CT molecular complexity index is 610. The molecule has 2 aromatic rings. The molecule has 0 saturated carbocycles. The Kier molecular flexibility index (Phi) is 3.63. The third kappa shape index (κ3) is 2.79. The number of nitrogens with one attached hydrogen (secondary N) is 2. The van der Waals surface area contributed by atoms with Gasteiger partial charge in [0.2, 0.25) is 0 Å². The average Bonchev–Trinajstić information content (AvgIpc) is 2.95. The molecule has 1 aliphatic rings. The maximum Gasteiger partial charge on any atom is 0.251 e. The van der Waals surface area contributed by atoms with Gasteiger partial charge in [-0.2, -0.15) is 0 Å². The summed E-state index contributed by atoms with van der Waals surface area (Å²) >= 11 is 0. The Labute approximate surface area is 118 Å². The molecule has 0 unspecified atom stereocenters. The second kappa shape index (κ2) is 5.74. The van der Waals surface area contributed by atoms with Gasteiger partial charge in [0.25, 0.3) is 5.91 Å². The van der Waals surface area contributed by atoms with E-state index in [2.05, 4.69) is 15.6 Å². The summed E-state index contributed by atoms with van der Waals surface area (Å²) in [6.07, 6.45) is 3.51. The van der Waals surface area contributed by atoms with Crippen LogP contribution in [0.5, 0.6) is 0 Å². The van der Waals surface area contributed by atoms with Crippen LogP contribution in [-0.4, -0.2) is 24.0 Å². The standard InChI is InChI=1S/C16H17N3O/c20-16(19-10-7-14-3-1-2-8-17-14)13-4-5-15-12(11-13)6-9-18-15/h1-5,8,11,18H,6-7,9-10H2,(H,19,20). The topological polar surface area (TPSA) is 54.0 Å². The molecular formula is C16H17N3O. The van der Waals surface area contributed by atoms with Crippen LogP contribution in [0.15, 0.2) is 42.6 Å². The first-order valence-electron chi connectivity index (χ1n) is 6.88. The van der Waals surface area contributed by atoms with Gasteiger partial charge in [0.15, 0.2) is 0 Å². The van der Waals surface area contributed by atoms with Crippen LogP contribution in [0, 0.1) is 0 Å². The zero-order valence-electron chi connectivity index (χ0n) is 11.2. The molecule has 1 aromatic heterocycles. The molecule has 0 spiro atoms. The molecule has 20 heavy (non-hydrogen) atoms. The van der Waals surface area contributed by atoms with Crippen molar-refractivity contribution in [2.24, 2.45) is 0 Å². The summed E-state index contributed by atoms with van der Waals surface area (Å²) in [5.41, 5.74) is 4.09. The van der Waals surface area contributed by atoms with Crippen LogP contribution in [0.1, 0.15) is 21.6 Å². The van der Waals surface area contributed by atoms with Gasteiger partial charge in [-0.3, -0.25) is 9.78 Å². The van der Waals surface area contributed by atoms with E-state index in [9.17, 15) is 4.79 Å². The number of hydrogen-bond acceptors (Lipinski definition) is 3. The molecular weight excluding hydrogens is 250 g/mol. The van der Waals surface area contributed by atoms with Crippen molar-refractivity contribution in [2.45, 2.75) is 12.8 Å². The first kappa shape index (κ1) is 12.7. The Hall–Kier alpha value is -2.36. The molecule has 0 fully saturated rings. The number of carbonyl (C=O) groups is 1. The number of amides is 1. The van der Waals surface area contributed by atoms with Crippen molar-refractivity contribution in [3.63, 3.8) is 0 Å². The summed E-state index contributed by atoms with van der Waals surface area (Å²) in [4.78, 5) is 16.3. The van der Waals surface area contributed by atoms with Gasteiger partial charge in [-0.1, -0.05) is 6.07 Å². The summed E-state index contributed by atoms with van der Waals surface area (Å²) in [6.45, 7) is 1.56. The summed E-state index contributed by atoms with van der Waals surface area (Å²) in [7, 11) is 0.